The molecule has 0 aliphatic carbocycles. The van der Waals surface area contributed by atoms with Crippen molar-refractivity contribution in [1.29, 1.82) is 0 Å². The Labute approximate surface area is 111 Å². The van der Waals surface area contributed by atoms with Crippen molar-refractivity contribution in [2.24, 2.45) is 0 Å². The summed E-state index contributed by atoms with van der Waals surface area (Å²) < 4.78 is 0. The number of carbonyl (C=O) groups is 1. The van der Waals surface area contributed by atoms with Gasteiger partial charge >= 0.3 is 5.97 Å². The lowest BCUT2D eigenvalue weighted by molar-refractivity contribution is 0.0697. The molecule has 0 fully saturated rings. The Bertz CT molecular complexity index is 665. The van der Waals surface area contributed by atoms with E-state index in [1.54, 1.807) is 6.07 Å². The molecule has 0 unspecified atom stereocenters. The number of aryl methyl sites for hydroxylation is 1. The molecule has 0 amide bonds. The second-order valence-corrected chi connectivity index (χ2v) is 4.73. The summed E-state index contributed by atoms with van der Waals surface area (Å²) in [7, 11) is 0. The van der Waals surface area contributed by atoms with E-state index in [1.165, 1.54) is 0 Å². The zero-order chi connectivity index (χ0) is 13.4. The van der Waals surface area contributed by atoms with Crippen LogP contribution in [0.4, 0.5) is 5.69 Å². The molecule has 0 radical (unpaired) electrons. The number of nitrogens with one attached hydrogen (secondary N) is 1. The molecule has 1 aliphatic rings. The van der Waals surface area contributed by atoms with Gasteiger partial charge in [0.25, 0.3) is 0 Å². The number of aromatic carboxylic acids is 1. The number of benzene rings is 1. The van der Waals surface area contributed by atoms with E-state index in [1.807, 2.05) is 31.2 Å². The van der Waals surface area contributed by atoms with Crippen molar-refractivity contribution in [3.8, 4) is 11.3 Å². The topological polar surface area (TPSA) is 62.2 Å². The molecule has 2 N–H and O–H groups in total. The third-order valence-electron chi connectivity index (χ3n) is 3.30. The third-order valence-corrected chi connectivity index (χ3v) is 3.30. The van der Waals surface area contributed by atoms with Crippen LogP contribution in [0.1, 0.15) is 21.6 Å². The smallest absolute Gasteiger partial charge is 0.337 e. The predicted octanol–water partition coefficient (Wildman–Crippen LogP) is 2.72. The number of aromatic nitrogens is 1. The summed E-state index contributed by atoms with van der Waals surface area (Å²) in [6.07, 6.45) is 0.841. The first-order valence-corrected chi connectivity index (χ1v) is 6.23. The molecule has 0 atom stereocenters. The van der Waals surface area contributed by atoms with E-state index in [4.69, 9.17) is 0 Å². The molecule has 1 aromatic carbocycles. The first-order chi connectivity index (χ1) is 9.15. The van der Waals surface area contributed by atoms with Crippen molar-refractivity contribution in [3.05, 3.63) is 47.2 Å². The van der Waals surface area contributed by atoms with E-state index < -0.39 is 5.97 Å². The molecular weight excluding hydrogens is 240 g/mol. The molecule has 1 aliphatic heterocycles. The maximum Gasteiger partial charge on any atom is 0.337 e. The highest BCUT2D eigenvalue weighted by Gasteiger charge is 2.20. The van der Waals surface area contributed by atoms with Gasteiger partial charge in [-0.3, -0.25) is 0 Å². The van der Waals surface area contributed by atoms with Gasteiger partial charge in [0.15, 0.2) is 0 Å². The second kappa shape index (κ2) is 4.39. The van der Waals surface area contributed by atoms with Crippen LogP contribution in [0.15, 0.2) is 30.3 Å². The highest BCUT2D eigenvalue weighted by atomic mass is 16.4. The highest BCUT2D eigenvalue weighted by Crippen LogP contribution is 2.29. The van der Waals surface area contributed by atoms with Crippen LogP contribution in [0, 0.1) is 6.92 Å². The number of anilines is 1. The first kappa shape index (κ1) is 11.7. The lowest BCUT2D eigenvalue weighted by Gasteiger charge is -2.09. The molecule has 0 saturated carbocycles. The predicted molar refractivity (Wildman–Crippen MR) is 73.6 cm³/mol. The fourth-order valence-corrected chi connectivity index (χ4v) is 2.39. The second-order valence-electron chi connectivity index (χ2n) is 4.73. The van der Waals surface area contributed by atoms with Crippen LogP contribution < -0.4 is 5.32 Å². The van der Waals surface area contributed by atoms with Gasteiger partial charge in [-0.1, -0.05) is 23.8 Å². The third kappa shape index (κ3) is 2.05. The quantitative estimate of drug-likeness (QED) is 0.865. The number of pyridine rings is 1. The fourth-order valence-electron chi connectivity index (χ4n) is 2.39. The van der Waals surface area contributed by atoms with E-state index in [9.17, 15) is 9.90 Å². The zero-order valence-corrected chi connectivity index (χ0v) is 10.6. The van der Waals surface area contributed by atoms with E-state index in [2.05, 4.69) is 10.3 Å². The van der Waals surface area contributed by atoms with Crippen molar-refractivity contribution in [2.45, 2.75) is 13.3 Å². The van der Waals surface area contributed by atoms with Gasteiger partial charge in [0.1, 0.15) is 0 Å². The Morgan fingerprint density at radius 1 is 1.37 bits per heavy atom. The van der Waals surface area contributed by atoms with Gasteiger partial charge in [0, 0.05) is 18.5 Å². The van der Waals surface area contributed by atoms with E-state index in [0.29, 0.717) is 5.69 Å². The van der Waals surface area contributed by atoms with Crippen LogP contribution in [0.2, 0.25) is 0 Å². The monoisotopic (exact) mass is 254 g/mol. The molecule has 0 bridgehead atoms. The average molecular weight is 254 g/mol. The van der Waals surface area contributed by atoms with E-state index in [-0.39, 0.29) is 5.56 Å². The summed E-state index contributed by atoms with van der Waals surface area (Å²) in [6, 6.07) is 9.46. The fraction of sp³-hybridized carbons (Fsp3) is 0.200. The maximum absolute atomic E-state index is 11.4. The van der Waals surface area contributed by atoms with Gasteiger partial charge in [-0.2, -0.15) is 0 Å². The van der Waals surface area contributed by atoms with E-state index in [0.717, 1.165) is 35.5 Å². The summed E-state index contributed by atoms with van der Waals surface area (Å²) in [6.45, 7) is 2.80. The number of fused-ring (bicyclic) bond motifs is 1. The summed E-state index contributed by atoms with van der Waals surface area (Å²) >= 11 is 0. The largest absolute Gasteiger partial charge is 0.478 e. The Hall–Kier alpha value is -2.36. The molecule has 2 heterocycles. The van der Waals surface area contributed by atoms with Gasteiger partial charge < -0.3 is 10.4 Å². The average Bonchev–Trinajstić information content (AvgIpc) is 2.84. The van der Waals surface area contributed by atoms with Crippen LogP contribution in [0.3, 0.4) is 0 Å². The zero-order valence-electron chi connectivity index (χ0n) is 10.6. The summed E-state index contributed by atoms with van der Waals surface area (Å²) in [4.78, 5) is 16.0. The molecule has 4 heteroatoms. The lowest BCUT2D eigenvalue weighted by Crippen LogP contribution is -2.04. The molecule has 4 nitrogen and oxygen atoms in total. The SMILES string of the molecule is Cc1cccc(-c2nc3c(cc2C(=O)O)NCC3)c1. The molecule has 0 saturated heterocycles. The lowest BCUT2D eigenvalue weighted by atomic mass is 10.0. The Balaban J connectivity index is 2.22. The van der Waals surface area contributed by atoms with Gasteiger partial charge in [-0.05, 0) is 19.1 Å². The minimum absolute atomic E-state index is 0.249. The van der Waals surface area contributed by atoms with Crippen molar-refractivity contribution in [3.63, 3.8) is 0 Å². The van der Waals surface area contributed by atoms with Gasteiger partial charge in [-0.15, -0.1) is 0 Å². The van der Waals surface area contributed by atoms with Crippen LogP contribution in [-0.2, 0) is 6.42 Å². The van der Waals surface area contributed by atoms with Crippen molar-refractivity contribution in [2.75, 3.05) is 11.9 Å². The van der Waals surface area contributed by atoms with Crippen LogP contribution in [0.5, 0.6) is 0 Å². The first-order valence-electron chi connectivity index (χ1n) is 6.23. The Kier molecular flexibility index (Phi) is 2.71. The normalized spacial score (nSPS) is 12.9. The number of carboxylic acids is 1. The van der Waals surface area contributed by atoms with Crippen LogP contribution in [0.25, 0.3) is 11.3 Å². The summed E-state index contributed by atoms with van der Waals surface area (Å²) in [5, 5.41) is 12.5. The molecule has 19 heavy (non-hydrogen) atoms. The minimum atomic E-state index is -0.944. The molecule has 0 spiro atoms. The minimum Gasteiger partial charge on any atom is -0.478 e. The molecule has 96 valence electrons. The van der Waals surface area contributed by atoms with E-state index >= 15 is 0 Å². The standard InChI is InChI=1S/C15H14N2O2/c1-9-3-2-4-10(7-9)14-11(15(18)19)8-13-12(17-14)5-6-16-13/h2-4,7-8,16H,5-6H2,1H3,(H,18,19). The van der Waals surface area contributed by atoms with Crippen molar-refractivity contribution in [1.82, 2.24) is 4.98 Å². The summed E-state index contributed by atoms with van der Waals surface area (Å²) in [5.41, 5.74) is 4.54. The maximum atomic E-state index is 11.4. The number of rotatable bonds is 2. The Morgan fingerprint density at radius 3 is 2.95 bits per heavy atom. The van der Waals surface area contributed by atoms with Crippen molar-refractivity contribution >= 4 is 11.7 Å². The van der Waals surface area contributed by atoms with Gasteiger partial charge in [0.05, 0.1) is 22.6 Å². The highest BCUT2D eigenvalue weighted by molar-refractivity contribution is 5.96. The molecular formula is C15H14N2O2. The number of carboxylic acid groups (broad SMARTS) is 1. The summed E-state index contributed by atoms with van der Waals surface area (Å²) in [5.74, 6) is -0.944. The molecule has 1 aromatic heterocycles. The van der Waals surface area contributed by atoms with Crippen molar-refractivity contribution < 1.29 is 9.90 Å². The number of nitrogens with zero attached hydrogens (tertiary/aromatic N) is 1. The number of hydrogen-bond acceptors (Lipinski definition) is 3. The van der Waals surface area contributed by atoms with Gasteiger partial charge in [-0.25, -0.2) is 9.78 Å². The molecule has 2 aromatic rings. The molecule has 3 rings (SSSR count). The van der Waals surface area contributed by atoms with Gasteiger partial charge in [0.2, 0.25) is 0 Å². The van der Waals surface area contributed by atoms with Crippen LogP contribution in [-0.4, -0.2) is 22.6 Å². The Morgan fingerprint density at radius 2 is 2.21 bits per heavy atom. The van der Waals surface area contributed by atoms with Crippen LogP contribution >= 0.6 is 0 Å². The number of hydrogen-bond donors (Lipinski definition) is 2.